The van der Waals surface area contributed by atoms with Gasteiger partial charge in [-0.25, -0.2) is 0 Å². The molecule has 1 aliphatic heterocycles. The van der Waals surface area contributed by atoms with Gasteiger partial charge in [0.25, 0.3) is 0 Å². The molecule has 0 radical (unpaired) electrons. The molecule has 16 heavy (non-hydrogen) atoms. The van der Waals surface area contributed by atoms with Crippen molar-refractivity contribution in [1.29, 1.82) is 0 Å². The molecule has 0 aliphatic carbocycles. The normalized spacial score (nSPS) is 19.0. The van der Waals surface area contributed by atoms with Crippen LogP contribution in [0.5, 0.6) is 0 Å². The van der Waals surface area contributed by atoms with Gasteiger partial charge in [-0.15, -0.1) is 12.4 Å². The van der Waals surface area contributed by atoms with E-state index >= 15 is 0 Å². The van der Waals surface area contributed by atoms with Crippen molar-refractivity contribution in [1.82, 2.24) is 10.6 Å². The monoisotopic (exact) mass is 248 g/mol. The minimum atomic E-state index is 0. The minimum Gasteiger partial charge on any atom is -0.356 e. The first-order chi connectivity index (χ1) is 7.02. The van der Waals surface area contributed by atoms with Crippen LogP contribution in [0, 0.1) is 11.3 Å². The summed E-state index contributed by atoms with van der Waals surface area (Å²) in [7, 11) is 0. The maximum Gasteiger partial charge on any atom is 0.220 e. The molecule has 0 spiro atoms. The first-order valence-electron chi connectivity index (χ1n) is 5.99. The molecule has 0 saturated carbocycles. The van der Waals surface area contributed by atoms with Crippen LogP contribution in [0.25, 0.3) is 0 Å². The van der Waals surface area contributed by atoms with Crippen LogP contribution in [0.15, 0.2) is 0 Å². The molecule has 1 amide bonds. The molecule has 0 atom stereocenters. The lowest BCUT2D eigenvalue weighted by atomic mass is 9.81. The highest BCUT2D eigenvalue weighted by Gasteiger charge is 2.26. The van der Waals surface area contributed by atoms with Crippen molar-refractivity contribution in [3.63, 3.8) is 0 Å². The second kappa shape index (κ2) is 7.13. The van der Waals surface area contributed by atoms with E-state index in [9.17, 15) is 4.79 Å². The number of hydrogen-bond acceptors (Lipinski definition) is 2. The van der Waals surface area contributed by atoms with Gasteiger partial charge in [0.2, 0.25) is 5.91 Å². The highest BCUT2D eigenvalue weighted by molar-refractivity contribution is 5.85. The average Bonchev–Trinajstić information content (AvgIpc) is 2.15. The van der Waals surface area contributed by atoms with E-state index in [4.69, 9.17) is 0 Å². The van der Waals surface area contributed by atoms with E-state index in [2.05, 4.69) is 31.4 Å². The molecule has 2 N–H and O–H groups in total. The molecule has 1 saturated heterocycles. The van der Waals surface area contributed by atoms with E-state index < -0.39 is 0 Å². The molecule has 1 rings (SSSR count). The van der Waals surface area contributed by atoms with Crippen LogP contribution in [-0.2, 0) is 4.79 Å². The molecule has 1 fully saturated rings. The zero-order valence-corrected chi connectivity index (χ0v) is 11.5. The molecule has 1 heterocycles. The van der Waals surface area contributed by atoms with Crippen LogP contribution in [0.4, 0.5) is 0 Å². The fraction of sp³-hybridized carbons (Fsp3) is 0.917. The van der Waals surface area contributed by atoms with E-state index in [1.54, 1.807) is 0 Å². The fourth-order valence-corrected chi connectivity index (χ4v) is 1.96. The van der Waals surface area contributed by atoms with Gasteiger partial charge in [0.05, 0.1) is 0 Å². The standard InChI is InChI=1S/C12H24N2O.ClH/c1-10(2)8-11(15)14-9-12(3)4-6-13-7-5-12;/h10,13H,4-9H2,1-3H3,(H,14,15);1H. The van der Waals surface area contributed by atoms with Gasteiger partial charge >= 0.3 is 0 Å². The molecule has 0 unspecified atom stereocenters. The number of amides is 1. The highest BCUT2D eigenvalue weighted by atomic mass is 35.5. The molecule has 96 valence electrons. The Morgan fingerprint density at radius 1 is 1.38 bits per heavy atom. The van der Waals surface area contributed by atoms with Crippen molar-refractivity contribution in [2.45, 2.75) is 40.0 Å². The Kier molecular flexibility index (Phi) is 7.00. The molecular formula is C12H25ClN2O. The summed E-state index contributed by atoms with van der Waals surface area (Å²) >= 11 is 0. The van der Waals surface area contributed by atoms with Gasteiger partial charge in [0.15, 0.2) is 0 Å². The second-order valence-electron chi connectivity index (χ2n) is 5.44. The minimum absolute atomic E-state index is 0. The summed E-state index contributed by atoms with van der Waals surface area (Å²) in [5.74, 6) is 0.649. The smallest absolute Gasteiger partial charge is 0.220 e. The zero-order valence-electron chi connectivity index (χ0n) is 10.6. The second-order valence-corrected chi connectivity index (χ2v) is 5.44. The molecule has 0 bridgehead atoms. The number of piperidine rings is 1. The van der Waals surface area contributed by atoms with E-state index in [0.29, 0.717) is 17.8 Å². The quantitative estimate of drug-likeness (QED) is 0.799. The summed E-state index contributed by atoms with van der Waals surface area (Å²) < 4.78 is 0. The van der Waals surface area contributed by atoms with Crippen LogP contribution >= 0.6 is 12.4 Å². The van der Waals surface area contributed by atoms with E-state index in [1.807, 2.05) is 0 Å². The number of carbonyl (C=O) groups is 1. The van der Waals surface area contributed by atoms with Crippen molar-refractivity contribution >= 4 is 18.3 Å². The third-order valence-electron chi connectivity index (χ3n) is 3.12. The Hall–Kier alpha value is -0.280. The number of nitrogens with one attached hydrogen (secondary N) is 2. The van der Waals surface area contributed by atoms with Gasteiger partial charge in [-0.05, 0) is 37.3 Å². The highest BCUT2D eigenvalue weighted by Crippen LogP contribution is 2.26. The molecule has 4 heteroatoms. The van der Waals surface area contributed by atoms with E-state index in [0.717, 1.165) is 32.5 Å². The van der Waals surface area contributed by atoms with Crippen LogP contribution < -0.4 is 10.6 Å². The largest absolute Gasteiger partial charge is 0.356 e. The summed E-state index contributed by atoms with van der Waals surface area (Å²) in [5, 5.41) is 6.40. The van der Waals surface area contributed by atoms with Gasteiger partial charge in [-0.2, -0.15) is 0 Å². The molecule has 0 aromatic rings. The Morgan fingerprint density at radius 3 is 2.44 bits per heavy atom. The summed E-state index contributed by atoms with van der Waals surface area (Å²) in [6, 6.07) is 0. The van der Waals surface area contributed by atoms with Crippen LogP contribution in [0.1, 0.15) is 40.0 Å². The number of rotatable bonds is 4. The first kappa shape index (κ1) is 15.7. The van der Waals surface area contributed by atoms with Crippen LogP contribution in [0.2, 0.25) is 0 Å². The maximum atomic E-state index is 11.5. The Labute approximate surface area is 105 Å². The van der Waals surface area contributed by atoms with Crippen LogP contribution in [-0.4, -0.2) is 25.5 Å². The van der Waals surface area contributed by atoms with Gasteiger partial charge < -0.3 is 10.6 Å². The summed E-state index contributed by atoms with van der Waals surface area (Å²) in [6.07, 6.45) is 2.97. The van der Waals surface area contributed by atoms with Gasteiger partial charge in [-0.1, -0.05) is 20.8 Å². The number of carbonyl (C=O) groups excluding carboxylic acids is 1. The van der Waals surface area contributed by atoms with Crippen LogP contribution in [0.3, 0.4) is 0 Å². The lowest BCUT2D eigenvalue weighted by Crippen LogP contribution is -2.43. The summed E-state index contributed by atoms with van der Waals surface area (Å²) in [5.41, 5.74) is 0.303. The fourth-order valence-electron chi connectivity index (χ4n) is 1.96. The maximum absolute atomic E-state index is 11.5. The van der Waals surface area contributed by atoms with Gasteiger partial charge in [0, 0.05) is 13.0 Å². The molecule has 1 aliphatic rings. The van der Waals surface area contributed by atoms with Crippen molar-refractivity contribution in [3.05, 3.63) is 0 Å². The summed E-state index contributed by atoms with van der Waals surface area (Å²) in [4.78, 5) is 11.5. The molecular weight excluding hydrogens is 224 g/mol. The van der Waals surface area contributed by atoms with Gasteiger partial charge in [-0.3, -0.25) is 4.79 Å². The lowest BCUT2D eigenvalue weighted by molar-refractivity contribution is -0.122. The number of hydrogen-bond donors (Lipinski definition) is 2. The molecule has 0 aromatic carbocycles. The zero-order chi connectivity index (χ0) is 11.3. The van der Waals surface area contributed by atoms with Crippen molar-refractivity contribution < 1.29 is 4.79 Å². The average molecular weight is 249 g/mol. The Balaban J connectivity index is 0.00000225. The summed E-state index contributed by atoms with van der Waals surface area (Å²) in [6.45, 7) is 9.41. The van der Waals surface area contributed by atoms with E-state index in [1.165, 1.54) is 0 Å². The van der Waals surface area contributed by atoms with Crippen molar-refractivity contribution in [3.8, 4) is 0 Å². The first-order valence-corrected chi connectivity index (χ1v) is 5.99. The molecule has 3 nitrogen and oxygen atoms in total. The van der Waals surface area contributed by atoms with E-state index in [-0.39, 0.29) is 18.3 Å². The Bertz CT molecular complexity index is 213. The van der Waals surface area contributed by atoms with Crippen molar-refractivity contribution in [2.75, 3.05) is 19.6 Å². The molecule has 0 aromatic heterocycles. The lowest BCUT2D eigenvalue weighted by Gasteiger charge is -2.34. The third kappa shape index (κ3) is 5.71. The van der Waals surface area contributed by atoms with Crippen molar-refractivity contribution in [2.24, 2.45) is 11.3 Å². The predicted octanol–water partition coefficient (Wildman–Crippen LogP) is 1.96. The third-order valence-corrected chi connectivity index (χ3v) is 3.12. The van der Waals surface area contributed by atoms with Gasteiger partial charge in [0.1, 0.15) is 0 Å². The number of halogens is 1. The predicted molar refractivity (Wildman–Crippen MR) is 69.9 cm³/mol. The Morgan fingerprint density at radius 2 is 1.94 bits per heavy atom. The SMILES string of the molecule is CC(C)CC(=O)NCC1(C)CCNCC1.Cl. The topological polar surface area (TPSA) is 41.1 Å².